The van der Waals surface area contributed by atoms with Crippen LogP contribution in [0.3, 0.4) is 0 Å². The van der Waals surface area contributed by atoms with E-state index in [1.807, 2.05) is 18.3 Å². The van der Waals surface area contributed by atoms with Crippen molar-refractivity contribution < 1.29 is 8.42 Å². The first-order valence-corrected chi connectivity index (χ1v) is 9.82. The molecule has 4 rings (SSSR count). The Morgan fingerprint density at radius 3 is 2.72 bits per heavy atom. The molecule has 0 atom stereocenters. The number of hydrogen-bond acceptors (Lipinski definition) is 6. The number of nitrogens with zero attached hydrogens (tertiary/aromatic N) is 2. The minimum atomic E-state index is -3.33. The van der Waals surface area contributed by atoms with Gasteiger partial charge in [0.05, 0.1) is 17.3 Å². The van der Waals surface area contributed by atoms with E-state index in [0.717, 1.165) is 35.9 Å². The third-order valence-electron chi connectivity index (χ3n) is 3.76. The Labute approximate surface area is 145 Å². The fourth-order valence-corrected chi connectivity index (χ4v) is 3.09. The van der Waals surface area contributed by atoms with Crippen molar-refractivity contribution in [3.63, 3.8) is 0 Å². The number of sulfonamides is 1. The lowest BCUT2D eigenvalue weighted by molar-refractivity contribution is 0.607. The zero-order chi connectivity index (χ0) is 17.4. The summed E-state index contributed by atoms with van der Waals surface area (Å²) in [6.07, 6.45) is 5.25. The average Bonchev–Trinajstić information content (AvgIpc) is 3.20. The molecule has 25 heavy (non-hydrogen) atoms. The highest BCUT2D eigenvalue weighted by atomic mass is 32.2. The second-order valence-corrected chi connectivity index (χ2v) is 7.88. The van der Waals surface area contributed by atoms with Gasteiger partial charge in [0.2, 0.25) is 16.0 Å². The number of rotatable bonds is 6. The van der Waals surface area contributed by atoms with Crippen LogP contribution in [0.5, 0.6) is 0 Å². The van der Waals surface area contributed by atoms with Gasteiger partial charge >= 0.3 is 0 Å². The van der Waals surface area contributed by atoms with Crippen molar-refractivity contribution in [3.05, 3.63) is 36.5 Å². The van der Waals surface area contributed by atoms with Crippen LogP contribution in [-0.2, 0) is 10.0 Å². The molecular weight excluding hydrogens is 340 g/mol. The van der Waals surface area contributed by atoms with Gasteiger partial charge in [0.1, 0.15) is 11.5 Å². The van der Waals surface area contributed by atoms with Crippen molar-refractivity contribution in [1.29, 1.82) is 0 Å². The molecule has 8 nitrogen and oxygen atoms in total. The summed E-state index contributed by atoms with van der Waals surface area (Å²) in [5.74, 6) is 1.23. The van der Waals surface area contributed by atoms with Crippen LogP contribution >= 0.6 is 0 Å². The molecule has 0 unspecified atom stereocenters. The van der Waals surface area contributed by atoms with E-state index < -0.39 is 10.0 Å². The summed E-state index contributed by atoms with van der Waals surface area (Å²) >= 11 is 0. The summed E-state index contributed by atoms with van der Waals surface area (Å²) in [6.45, 7) is 0. The second kappa shape index (κ2) is 5.92. The Morgan fingerprint density at radius 2 is 1.96 bits per heavy atom. The molecule has 0 aliphatic heterocycles. The number of anilines is 4. The zero-order valence-corrected chi connectivity index (χ0v) is 14.4. The van der Waals surface area contributed by atoms with Crippen molar-refractivity contribution in [2.45, 2.75) is 18.9 Å². The molecule has 4 N–H and O–H groups in total. The van der Waals surface area contributed by atoms with Crippen LogP contribution in [-0.4, -0.2) is 35.7 Å². The lowest BCUT2D eigenvalue weighted by Crippen LogP contribution is -2.10. The van der Waals surface area contributed by atoms with Crippen molar-refractivity contribution in [3.8, 4) is 0 Å². The first-order valence-electron chi connectivity index (χ1n) is 7.93. The van der Waals surface area contributed by atoms with Crippen LogP contribution < -0.4 is 15.4 Å². The molecule has 0 saturated heterocycles. The molecule has 2 heterocycles. The van der Waals surface area contributed by atoms with E-state index in [2.05, 4.69) is 30.3 Å². The lowest BCUT2D eigenvalue weighted by atomic mass is 10.3. The molecule has 1 fully saturated rings. The van der Waals surface area contributed by atoms with Crippen LogP contribution in [0.15, 0.2) is 36.5 Å². The Hall–Kier alpha value is -2.81. The molecule has 1 aromatic carbocycles. The second-order valence-electron chi connectivity index (χ2n) is 6.13. The SMILES string of the molecule is CS(=O)(=O)Nc1cccc(Nc2nc(NC3CC3)c3cc[nH]c3n2)c1. The molecular formula is C16H18N6O2S. The number of benzene rings is 1. The minimum Gasteiger partial charge on any atom is -0.367 e. The predicted octanol–water partition coefficient (Wildman–Crippen LogP) is 2.65. The molecule has 1 aliphatic carbocycles. The first-order chi connectivity index (χ1) is 12.0. The molecule has 1 saturated carbocycles. The van der Waals surface area contributed by atoms with E-state index >= 15 is 0 Å². The van der Waals surface area contributed by atoms with E-state index in [-0.39, 0.29) is 0 Å². The number of H-pyrrole nitrogens is 1. The highest BCUT2D eigenvalue weighted by molar-refractivity contribution is 7.92. The van der Waals surface area contributed by atoms with Crippen LogP contribution in [0.4, 0.5) is 23.1 Å². The third kappa shape index (κ3) is 3.82. The minimum absolute atomic E-state index is 0.439. The molecule has 3 aromatic rings. The van der Waals surface area contributed by atoms with Crippen molar-refractivity contribution >= 4 is 44.2 Å². The quantitative estimate of drug-likeness (QED) is 0.539. The third-order valence-corrected chi connectivity index (χ3v) is 4.36. The highest BCUT2D eigenvalue weighted by Gasteiger charge is 2.23. The monoisotopic (exact) mass is 358 g/mol. The average molecular weight is 358 g/mol. The fraction of sp³-hybridized carbons (Fsp3) is 0.250. The fourth-order valence-electron chi connectivity index (χ4n) is 2.53. The van der Waals surface area contributed by atoms with E-state index in [9.17, 15) is 8.42 Å². The molecule has 0 spiro atoms. The van der Waals surface area contributed by atoms with Crippen LogP contribution in [0, 0.1) is 0 Å². The molecule has 0 radical (unpaired) electrons. The van der Waals surface area contributed by atoms with Crippen molar-refractivity contribution in [2.24, 2.45) is 0 Å². The van der Waals surface area contributed by atoms with E-state index in [4.69, 9.17) is 0 Å². The van der Waals surface area contributed by atoms with Crippen molar-refractivity contribution in [2.75, 3.05) is 21.6 Å². The summed E-state index contributed by atoms with van der Waals surface area (Å²) < 4.78 is 25.2. The number of fused-ring (bicyclic) bond motifs is 1. The van der Waals surface area contributed by atoms with Crippen LogP contribution in [0.1, 0.15) is 12.8 Å². The van der Waals surface area contributed by atoms with Gasteiger partial charge in [-0.2, -0.15) is 9.97 Å². The Morgan fingerprint density at radius 1 is 1.16 bits per heavy atom. The summed E-state index contributed by atoms with van der Waals surface area (Å²) in [6, 6.07) is 9.37. The van der Waals surface area contributed by atoms with Gasteiger partial charge in [0, 0.05) is 17.9 Å². The molecule has 2 aromatic heterocycles. The molecule has 9 heteroatoms. The first kappa shape index (κ1) is 15.7. The van der Waals surface area contributed by atoms with Gasteiger partial charge in [-0.3, -0.25) is 4.72 Å². The number of aromatic amines is 1. The summed E-state index contributed by atoms with van der Waals surface area (Å²) in [7, 11) is -3.33. The summed E-state index contributed by atoms with van der Waals surface area (Å²) in [5.41, 5.74) is 1.91. The van der Waals surface area contributed by atoms with Gasteiger partial charge in [0.25, 0.3) is 0 Å². The van der Waals surface area contributed by atoms with E-state index in [1.165, 1.54) is 0 Å². The van der Waals surface area contributed by atoms with Gasteiger partial charge in [-0.1, -0.05) is 6.07 Å². The maximum absolute atomic E-state index is 11.4. The molecule has 1 aliphatic rings. The summed E-state index contributed by atoms with van der Waals surface area (Å²) in [5, 5.41) is 7.49. The Bertz CT molecular complexity index is 1030. The summed E-state index contributed by atoms with van der Waals surface area (Å²) in [4.78, 5) is 12.1. The maximum atomic E-state index is 11.4. The molecule has 0 bridgehead atoms. The van der Waals surface area contributed by atoms with Crippen LogP contribution in [0.25, 0.3) is 11.0 Å². The Kier molecular flexibility index (Phi) is 3.72. The van der Waals surface area contributed by atoms with Gasteiger partial charge in [-0.05, 0) is 37.1 Å². The molecule has 130 valence electrons. The van der Waals surface area contributed by atoms with Gasteiger partial charge in [0.15, 0.2) is 0 Å². The standard InChI is InChI=1S/C16H18N6O2S/c1-25(23,24)22-12-4-2-3-11(9-12)19-16-20-14-13(7-8-17-14)15(21-16)18-10-5-6-10/h2-4,7-10,22H,5-6H2,1H3,(H3,17,18,19,20,21). The highest BCUT2D eigenvalue weighted by Crippen LogP contribution is 2.29. The zero-order valence-electron chi connectivity index (χ0n) is 13.6. The topological polar surface area (TPSA) is 112 Å². The maximum Gasteiger partial charge on any atom is 0.231 e. The van der Waals surface area contributed by atoms with Gasteiger partial charge in [-0.25, -0.2) is 8.42 Å². The number of nitrogens with one attached hydrogen (secondary N) is 4. The Balaban J connectivity index is 1.63. The van der Waals surface area contributed by atoms with Crippen molar-refractivity contribution in [1.82, 2.24) is 15.0 Å². The normalized spacial score (nSPS) is 14.4. The van der Waals surface area contributed by atoms with Crippen LogP contribution in [0.2, 0.25) is 0 Å². The van der Waals surface area contributed by atoms with Gasteiger partial charge in [-0.15, -0.1) is 0 Å². The number of hydrogen-bond donors (Lipinski definition) is 4. The van der Waals surface area contributed by atoms with Gasteiger partial charge < -0.3 is 15.6 Å². The van der Waals surface area contributed by atoms with E-state index in [0.29, 0.717) is 23.4 Å². The largest absolute Gasteiger partial charge is 0.367 e. The van der Waals surface area contributed by atoms with E-state index in [1.54, 1.807) is 18.2 Å². The predicted molar refractivity (Wildman–Crippen MR) is 98.7 cm³/mol. The molecule has 0 amide bonds. The smallest absolute Gasteiger partial charge is 0.231 e. The number of aromatic nitrogens is 3. The lowest BCUT2D eigenvalue weighted by Gasteiger charge is -2.11.